The largest absolute Gasteiger partial charge is 0.383 e. The number of nitrogen functional groups attached to an aromatic ring is 1. The van der Waals surface area contributed by atoms with Crippen LogP contribution in [0.5, 0.6) is 0 Å². The number of amides is 1. The summed E-state index contributed by atoms with van der Waals surface area (Å²) in [7, 11) is 1.97. The quantitative estimate of drug-likeness (QED) is 0.381. The van der Waals surface area contributed by atoms with E-state index in [1.165, 1.54) is 12.4 Å². The number of nitrogens with one attached hydrogen (secondary N) is 2. The minimum Gasteiger partial charge on any atom is -0.383 e. The Morgan fingerprint density at radius 2 is 1.90 bits per heavy atom. The predicted molar refractivity (Wildman–Crippen MR) is 124 cm³/mol. The van der Waals surface area contributed by atoms with Gasteiger partial charge in [-0.25, -0.2) is 9.97 Å². The third kappa shape index (κ3) is 3.03. The van der Waals surface area contributed by atoms with Crippen LogP contribution in [0.15, 0.2) is 73.7 Å². The highest BCUT2D eigenvalue weighted by Gasteiger charge is 2.22. The zero-order valence-electron chi connectivity index (χ0n) is 16.9. The Morgan fingerprint density at radius 1 is 1.13 bits per heavy atom. The smallest absolute Gasteiger partial charge is 0.247 e. The van der Waals surface area contributed by atoms with Crippen molar-refractivity contribution in [3.63, 3.8) is 0 Å². The van der Waals surface area contributed by atoms with Crippen LogP contribution >= 0.6 is 0 Å². The van der Waals surface area contributed by atoms with E-state index >= 15 is 0 Å². The topological polar surface area (TPSA) is 102 Å². The Labute approximate surface area is 178 Å². The number of fused-ring (bicyclic) bond motifs is 2. The van der Waals surface area contributed by atoms with Crippen LogP contribution in [0.25, 0.3) is 44.3 Å². The van der Waals surface area contributed by atoms with E-state index in [-0.39, 0.29) is 5.91 Å². The summed E-state index contributed by atoms with van der Waals surface area (Å²) in [6, 6.07) is 16.0. The van der Waals surface area contributed by atoms with E-state index in [0.717, 1.165) is 44.3 Å². The van der Waals surface area contributed by atoms with Gasteiger partial charge in [0.05, 0.1) is 11.1 Å². The summed E-state index contributed by atoms with van der Waals surface area (Å²) in [5, 5.41) is 4.70. The van der Waals surface area contributed by atoms with Gasteiger partial charge in [0.25, 0.3) is 0 Å². The number of H-pyrrole nitrogens is 1. The molecule has 0 bridgehead atoms. The Morgan fingerprint density at radius 3 is 2.68 bits per heavy atom. The molecule has 0 fully saturated rings. The molecule has 0 saturated carbocycles. The van der Waals surface area contributed by atoms with Crippen LogP contribution in [0.2, 0.25) is 0 Å². The highest BCUT2D eigenvalue weighted by Crippen LogP contribution is 2.42. The molecule has 152 valence electrons. The third-order valence-corrected chi connectivity index (χ3v) is 5.45. The van der Waals surface area contributed by atoms with Gasteiger partial charge in [0.2, 0.25) is 5.91 Å². The van der Waals surface area contributed by atoms with Gasteiger partial charge >= 0.3 is 0 Å². The fourth-order valence-electron chi connectivity index (χ4n) is 4.01. The average molecular weight is 408 g/mol. The number of hydrogen-bond donors (Lipinski definition) is 3. The van der Waals surface area contributed by atoms with Crippen LogP contribution < -0.4 is 11.1 Å². The SMILES string of the molecule is C=CC(=O)Nc1ccc(-c2c(-c3ccc4[nH]ccc4c3)c3c(N)ncnc3n2C)cc1. The van der Waals surface area contributed by atoms with Gasteiger partial charge in [-0.2, -0.15) is 0 Å². The first kappa shape index (κ1) is 18.6. The molecule has 0 aliphatic rings. The van der Waals surface area contributed by atoms with Crippen molar-refractivity contribution >= 4 is 39.3 Å². The lowest BCUT2D eigenvalue weighted by atomic mass is 9.97. The van der Waals surface area contributed by atoms with E-state index in [1.54, 1.807) is 0 Å². The van der Waals surface area contributed by atoms with Crippen LogP contribution in [0, 0.1) is 0 Å². The molecule has 0 aliphatic carbocycles. The zero-order chi connectivity index (χ0) is 21.5. The number of anilines is 2. The summed E-state index contributed by atoms with van der Waals surface area (Å²) in [6.07, 6.45) is 4.65. The number of carbonyl (C=O) groups is 1. The molecule has 7 nitrogen and oxygen atoms in total. The van der Waals surface area contributed by atoms with Crippen LogP contribution in [-0.4, -0.2) is 25.4 Å². The highest BCUT2D eigenvalue weighted by atomic mass is 16.1. The minimum atomic E-state index is -0.249. The standard InChI is InChI=1S/C24H20N6O/c1-3-19(31)29-17-7-4-14(5-8-17)22-20(16-6-9-18-15(12-16)10-11-26-18)21-23(25)27-13-28-24(21)30(22)2/h3-13,26H,1H2,2H3,(H,29,31)(H2,25,27,28). The van der Waals surface area contributed by atoms with Gasteiger partial charge in [-0.05, 0) is 52.9 Å². The molecule has 0 spiro atoms. The number of carbonyl (C=O) groups excluding carboxylic acids is 1. The molecule has 2 aromatic carbocycles. The van der Waals surface area contributed by atoms with Crippen molar-refractivity contribution in [1.82, 2.24) is 19.5 Å². The molecule has 0 atom stereocenters. The molecule has 3 aromatic heterocycles. The van der Waals surface area contributed by atoms with Crippen molar-refractivity contribution in [2.75, 3.05) is 11.1 Å². The van der Waals surface area contributed by atoms with Crippen LogP contribution in [-0.2, 0) is 11.8 Å². The molecule has 3 heterocycles. The van der Waals surface area contributed by atoms with Gasteiger partial charge in [0.1, 0.15) is 17.8 Å². The number of nitrogens with two attached hydrogens (primary N) is 1. The van der Waals surface area contributed by atoms with Gasteiger partial charge in [-0.3, -0.25) is 4.79 Å². The van der Waals surface area contributed by atoms with E-state index < -0.39 is 0 Å². The summed E-state index contributed by atoms with van der Waals surface area (Å²) in [6.45, 7) is 3.49. The van der Waals surface area contributed by atoms with Gasteiger partial charge in [0, 0.05) is 30.0 Å². The molecule has 0 saturated heterocycles. The predicted octanol–water partition coefficient (Wildman–Crippen LogP) is 4.49. The maximum atomic E-state index is 11.6. The van der Waals surface area contributed by atoms with Gasteiger partial charge in [-0.15, -0.1) is 0 Å². The minimum absolute atomic E-state index is 0.249. The average Bonchev–Trinajstić information content (AvgIpc) is 3.37. The summed E-state index contributed by atoms with van der Waals surface area (Å²) >= 11 is 0. The Kier molecular flexibility index (Phi) is 4.29. The highest BCUT2D eigenvalue weighted by molar-refractivity contribution is 6.09. The van der Waals surface area contributed by atoms with Crippen molar-refractivity contribution in [3.8, 4) is 22.4 Å². The summed E-state index contributed by atoms with van der Waals surface area (Å²) in [4.78, 5) is 23.6. The Bertz CT molecular complexity index is 1460. The first-order valence-corrected chi connectivity index (χ1v) is 9.77. The zero-order valence-corrected chi connectivity index (χ0v) is 16.9. The van der Waals surface area contributed by atoms with Crippen molar-refractivity contribution in [1.29, 1.82) is 0 Å². The van der Waals surface area contributed by atoms with Gasteiger partial charge in [-0.1, -0.05) is 24.8 Å². The van der Waals surface area contributed by atoms with Crippen molar-refractivity contribution in [3.05, 3.63) is 73.7 Å². The molecule has 0 unspecified atom stereocenters. The van der Waals surface area contributed by atoms with Gasteiger partial charge in [0.15, 0.2) is 0 Å². The normalized spacial score (nSPS) is 11.1. The number of aromatic amines is 1. The fraction of sp³-hybridized carbons (Fsp3) is 0.0417. The molecular weight excluding hydrogens is 388 g/mol. The molecule has 0 radical (unpaired) electrons. The lowest BCUT2D eigenvalue weighted by molar-refractivity contribution is -0.111. The second kappa shape index (κ2) is 7.14. The number of hydrogen-bond acceptors (Lipinski definition) is 4. The molecule has 4 N–H and O–H groups in total. The lowest BCUT2D eigenvalue weighted by Gasteiger charge is -2.10. The van der Waals surface area contributed by atoms with Crippen molar-refractivity contribution < 1.29 is 4.79 Å². The number of aromatic nitrogens is 4. The third-order valence-electron chi connectivity index (χ3n) is 5.45. The number of benzene rings is 2. The van der Waals surface area contributed by atoms with E-state index in [0.29, 0.717) is 11.5 Å². The first-order valence-electron chi connectivity index (χ1n) is 9.77. The van der Waals surface area contributed by atoms with E-state index in [2.05, 4.69) is 45.0 Å². The number of rotatable bonds is 4. The molecule has 1 amide bonds. The van der Waals surface area contributed by atoms with Crippen molar-refractivity contribution in [2.24, 2.45) is 7.05 Å². The van der Waals surface area contributed by atoms with Crippen LogP contribution in [0.3, 0.4) is 0 Å². The lowest BCUT2D eigenvalue weighted by Crippen LogP contribution is -2.06. The molecule has 31 heavy (non-hydrogen) atoms. The van der Waals surface area contributed by atoms with E-state index in [1.807, 2.05) is 48.1 Å². The fourth-order valence-corrected chi connectivity index (χ4v) is 4.01. The van der Waals surface area contributed by atoms with E-state index in [9.17, 15) is 4.79 Å². The molecular formula is C24H20N6O. The Hall–Kier alpha value is -4.39. The van der Waals surface area contributed by atoms with Crippen LogP contribution in [0.4, 0.5) is 11.5 Å². The molecule has 7 heteroatoms. The van der Waals surface area contributed by atoms with Crippen LogP contribution in [0.1, 0.15) is 0 Å². The van der Waals surface area contributed by atoms with E-state index in [4.69, 9.17) is 5.73 Å². The van der Waals surface area contributed by atoms with Crippen molar-refractivity contribution in [2.45, 2.75) is 0 Å². The maximum Gasteiger partial charge on any atom is 0.247 e. The number of nitrogens with zero attached hydrogens (tertiary/aromatic N) is 3. The monoisotopic (exact) mass is 408 g/mol. The first-order chi connectivity index (χ1) is 15.1. The summed E-state index contributed by atoms with van der Waals surface area (Å²) in [5.41, 5.74) is 12.8. The summed E-state index contributed by atoms with van der Waals surface area (Å²) in [5.74, 6) is 0.187. The molecule has 5 rings (SSSR count). The van der Waals surface area contributed by atoms with Gasteiger partial charge < -0.3 is 20.6 Å². The second-order valence-electron chi connectivity index (χ2n) is 7.29. The maximum absolute atomic E-state index is 11.6. The molecule has 5 aromatic rings. The second-order valence-corrected chi connectivity index (χ2v) is 7.29. The molecule has 0 aliphatic heterocycles. The summed E-state index contributed by atoms with van der Waals surface area (Å²) < 4.78 is 2.03. The number of aryl methyl sites for hydroxylation is 1. The Balaban J connectivity index is 1.75.